The zero-order valence-electron chi connectivity index (χ0n) is 15.6. The second-order valence-electron chi connectivity index (χ2n) is 6.52. The topological polar surface area (TPSA) is 135 Å². The van der Waals surface area contributed by atoms with Crippen molar-refractivity contribution in [3.05, 3.63) is 66.5 Å². The quantitative estimate of drug-likeness (QED) is 0.345. The van der Waals surface area contributed by atoms with Crippen LogP contribution in [-0.4, -0.2) is 33.9 Å². The number of carbonyl (C=O) groups is 1. The second-order valence-corrected chi connectivity index (χ2v) is 6.52. The van der Waals surface area contributed by atoms with Gasteiger partial charge in [0.1, 0.15) is 0 Å². The molecular weight excluding hydrogens is 366 g/mol. The van der Waals surface area contributed by atoms with Gasteiger partial charge >= 0.3 is 0 Å². The Morgan fingerprint density at radius 3 is 2.72 bits per heavy atom. The molecule has 0 saturated heterocycles. The Kier molecular flexibility index (Phi) is 5.08. The van der Waals surface area contributed by atoms with Gasteiger partial charge in [0, 0.05) is 47.0 Å². The van der Waals surface area contributed by atoms with Gasteiger partial charge in [-0.15, -0.1) is 0 Å². The Labute approximate surface area is 167 Å². The van der Waals surface area contributed by atoms with Gasteiger partial charge < -0.3 is 27.1 Å². The van der Waals surface area contributed by atoms with Crippen molar-refractivity contribution in [3.63, 3.8) is 0 Å². The molecule has 0 radical (unpaired) electrons. The molecule has 8 heteroatoms. The number of hydrogen-bond acceptors (Lipinski definition) is 6. The minimum atomic E-state index is -0.159. The molecule has 146 valence electrons. The fraction of sp³-hybridized carbons (Fsp3) is 0.0952. The maximum atomic E-state index is 12.0. The summed E-state index contributed by atoms with van der Waals surface area (Å²) in [6, 6.07) is 15.1. The number of nitrogens with two attached hydrogens (primary N) is 2. The average Bonchev–Trinajstić information content (AvgIpc) is 3.21. The fourth-order valence-electron chi connectivity index (χ4n) is 2.98. The van der Waals surface area contributed by atoms with E-state index in [2.05, 4.69) is 25.6 Å². The summed E-state index contributed by atoms with van der Waals surface area (Å²) < 4.78 is 0. The monoisotopic (exact) mass is 387 g/mol. The number of fused-ring (bicyclic) bond motifs is 1. The predicted molar refractivity (Wildman–Crippen MR) is 115 cm³/mol. The molecule has 4 aromatic rings. The summed E-state index contributed by atoms with van der Waals surface area (Å²) >= 11 is 0. The first-order valence-electron chi connectivity index (χ1n) is 9.19. The Morgan fingerprint density at radius 1 is 1.10 bits per heavy atom. The van der Waals surface area contributed by atoms with E-state index in [1.165, 1.54) is 0 Å². The standard InChI is InChI=1S/C21H21N7O/c22-8-10-25-21(29)14-3-1-13(2-4-14)18-12-26-19(23)20(28-18)27-16-5-6-17-15(11-16)7-9-24-17/h1-7,9,11-12,24H,8,10,22H2,(H2,23,26)(H,25,29)(H,27,28). The number of anilines is 3. The highest BCUT2D eigenvalue weighted by Gasteiger charge is 2.10. The Hall–Kier alpha value is -3.91. The molecule has 7 N–H and O–H groups in total. The Balaban J connectivity index is 1.56. The molecule has 0 unspecified atom stereocenters. The van der Waals surface area contributed by atoms with Gasteiger partial charge in [0.2, 0.25) is 0 Å². The zero-order chi connectivity index (χ0) is 20.2. The van der Waals surface area contributed by atoms with Crippen LogP contribution in [0.5, 0.6) is 0 Å². The molecule has 0 saturated carbocycles. The van der Waals surface area contributed by atoms with Crippen LogP contribution in [0.2, 0.25) is 0 Å². The summed E-state index contributed by atoms with van der Waals surface area (Å²) in [4.78, 5) is 24.0. The zero-order valence-corrected chi connectivity index (χ0v) is 15.6. The SMILES string of the molecule is NCCNC(=O)c1ccc(-c2cnc(N)c(Nc3ccc4[nH]ccc4c3)n2)cc1. The number of H-pyrrole nitrogens is 1. The van der Waals surface area contributed by atoms with Crippen LogP contribution < -0.4 is 22.1 Å². The van der Waals surface area contributed by atoms with Crippen LogP contribution in [0.25, 0.3) is 22.2 Å². The maximum Gasteiger partial charge on any atom is 0.251 e. The first-order valence-corrected chi connectivity index (χ1v) is 9.19. The molecule has 0 aliphatic carbocycles. The molecule has 8 nitrogen and oxygen atoms in total. The van der Waals surface area contributed by atoms with E-state index in [0.29, 0.717) is 36.0 Å². The van der Waals surface area contributed by atoms with Crippen LogP contribution in [0.1, 0.15) is 10.4 Å². The normalized spacial score (nSPS) is 10.8. The molecular formula is C21H21N7O. The summed E-state index contributed by atoms with van der Waals surface area (Å²) in [7, 11) is 0. The lowest BCUT2D eigenvalue weighted by Gasteiger charge is -2.10. The van der Waals surface area contributed by atoms with E-state index in [0.717, 1.165) is 22.2 Å². The van der Waals surface area contributed by atoms with E-state index in [4.69, 9.17) is 11.5 Å². The lowest BCUT2D eigenvalue weighted by molar-refractivity contribution is 0.0955. The Bertz CT molecular complexity index is 1150. The van der Waals surface area contributed by atoms with Gasteiger partial charge in [-0.2, -0.15) is 0 Å². The molecule has 0 atom stereocenters. The van der Waals surface area contributed by atoms with Gasteiger partial charge in [-0.25, -0.2) is 9.97 Å². The molecule has 0 fully saturated rings. The van der Waals surface area contributed by atoms with Crippen molar-refractivity contribution in [1.82, 2.24) is 20.3 Å². The highest BCUT2D eigenvalue weighted by molar-refractivity contribution is 5.94. The minimum Gasteiger partial charge on any atom is -0.381 e. The molecule has 2 heterocycles. The summed E-state index contributed by atoms with van der Waals surface area (Å²) in [6.07, 6.45) is 3.50. The molecule has 0 spiro atoms. The van der Waals surface area contributed by atoms with Crippen molar-refractivity contribution in [2.45, 2.75) is 0 Å². The average molecular weight is 387 g/mol. The summed E-state index contributed by atoms with van der Waals surface area (Å²) in [5.41, 5.74) is 15.4. The van der Waals surface area contributed by atoms with E-state index in [-0.39, 0.29) is 5.91 Å². The van der Waals surface area contributed by atoms with Gasteiger partial charge in [-0.1, -0.05) is 12.1 Å². The van der Waals surface area contributed by atoms with Gasteiger partial charge in [0.25, 0.3) is 5.91 Å². The largest absolute Gasteiger partial charge is 0.381 e. The van der Waals surface area contributed by atoms with Crippen molar-refractivity contribution in [3.8, 4) is 11.3 Å². The number of nitrogens with zero attached hydrogens (tertiary/aromatic N) is 2. The van der Waals surface area contributed by atoms with E-state index in [9.17, 15) is 4.79 Å². The van der Waals surface area contributed by atoms with Crippen LogP contribution in [0.4, 0.5) is 17.3 Å². The molecule has 0 bridgehead atoms. The maximum absolute atomic E-state index is 12.0. The van der Waals surface area contributed by atoms with Crippen LogP contribution in [0, 0.1) is 0 Å². The third-order valence-electron chi connectivity index (χ3n) is 4.49. The van der Waals surface area contributed by atoms with Gasteiger partial charge in [-0.3, -0.25) is 4.79 Å². The third kappa shape index (κ3) is 4.02. The number of hydrogen-bond donors (Lipinski definition) is 5. The third-order valence-corrected chi connectivity index (χ3v) is 4.49. The molecule has 2 aromatic carbocycles. The summed E-state index contributed by atoms with van der Waals surface area (Å²) in [5, 5.41) is 7.05. The van der Waals surface area contributed by atoms with Crippen molar-refractivity contribution < 1.29 is 4.79 Å². The first kappa shape index (κ1) is 18.5. The fourth-order valence-corrected chi connectivity index (χ4v) is 2.98. The van der Waals surface area contributed by atoms with Crippen molar-refractivity contribution in [1.29, 1.82) is 0 Å². The highest BCUT2D eigenvalue weighted by Crippen LogP contribution is 2.26. The molecule has 4 rings (SSSR count). The number of nitrogens with one attached hydrogen (secondary N) is 3. The Morgan fingerprint density at radius 2 is 1.93 bits per heavy atom. The number of aromatic amines is 1. The van der Waals surface area contributed by atoms with Gasteiger partial charge in [0.15, 0.2) is 11.6 Å². The van der Waals surface area contributed by atoms with E-state index in [1.807, 2.05) is 42.6 Å². The summed E-state index contributed by atoms with van der Waals surface area (Å²) in [6.45, 7) is 0.839. The lowest BCUT2D eigenvalue weighted by atomic mass is 10.1. The van der Waals surface area contributed by atoms with Crippen molar-refractivity contribution in [2.75, 3.05) is 24.1 Å². The van der Waals surface area contributed by atoms with Crippen LogP contribution in [0.15, 0.2) is 60.9 Å². The first-order chi connectivity index (χ1) is 14.1. The van der Waals surface area contributed by atoms with Gasteiger partial charge in [-0.05, 0) is 36.4 Å². The molecule has 29 heavy (non-hydrogen) atoms. The summed E-state index contributed by atoms with van der Waals surface area (Å²) in [5.74, 6) is 0.621. The molecule has 1 amide bonds. The molecule has 0 aliphatic rings. The van der Waals surface area contributed by atoms with Crippen LogP contribution >= 0.6 is 0 Å². The molecule has 0 aliphatic heterocycles. The minimum absolute atomic E-state index is 0.159. The second kappa shape index (κ2) is 7.99. The number of amides is 1. The number of nitrogen functional groups attached to an aromatic ring is 1. The van der Waals surface area contributed by atoms with Gasteiger partial charge in [0.05, 0.1) is 11.9 Å². The smallest absolute Gasteiger partial charge is 0.251 e. The van der Waals surface area contributed by atoms with Crippen molar-refractivity contribution in [2.24, 2.45) is 5.73 Å². The number of rotatable bonds is 6. The van der Waals surface area contributed by atoms with E-state index < -0.39 is 0 Å². The van der Waals surface area contributed by atoms with E-state index >= 15 is 0 Å². The van der Waals surface area contributed by atoms with Crippen molar-refractivity contribution >= 4 is 34.1 Å². The molecule has 2 aromatic heterocycles. The van der Waals surface area contributed by atoms with Crippen LogP contribution in [0.3, 0.4) is 0 Å². The number of carbonyl (C=O) groups excluding carboxylic acids is 1. The predicted octanol–water partition coefficient (Wildman–Crippen LogP) is 2.64. The lowest BCUT2D eigenvalue weighted by Crippen LogP contribution is -2.28. The number of benzene rings is 2. The van der Waals surface area contributed by atoms with Crippen LogP contribution in [-0.2, 0) is 0 Å². The number of aromatic nitrogens is 3. The van der Waals surface area contributed by atoms with E-state index in [1.54, 1.807) is 18.3 Å². The highest BCUT2D eigenvalue weighted by atomic mass is 16.1.